The Morgan fingerprint density at radius 3 is 2.33 bits per heavy atom. The van der Waals surface area contributed by atoms with Gasteiger partial charge in [0.15, 0.2) is 0 Å². The van der Waals surface area contributed by atoms with Gasteiger partial charge in [-0.2, -0.15) is 5.10 Å². The summed E-state index contributed by atoms with van der Waals surface area (Å²) in [7, 11) is 1.92. The highest BCUT2D eigenvalue weighted by Gasteiger charge is 2.33. The van der Waals surface area contributed by atoms with Gasteiger partial charge in [0.1, 0.15) is 0 Å². The molecule has 1 heterocycles. The van der Waals surface area contributed by atoms with E-state index in [1.165, 1.54) is 0 Å². The first-order valence-electron chi connectivity index (χ1n) is 5.14. The van der Waals surface area contributed by atoms with Gasteiger partial charge in [0, 0.05) is 30.4 Å². The highest BCUT2D eigenvalue weighted by atomic mass is 35.5. The van der Waals surface area contributed by atoms with Crippen molar-refractivity contribution in [1.82, 2.24) is 9.78 Å². The molecule has 1 rings (SSSR count). The summed E-state index contributed by atoms with van der Waals surface area (Å²) in [5.74, 6) is 1.60. The third kappa shape index (κ3) is 2.88. The predicted octanol–water partition coefficient (Wildman–Crippen LogP) is 3.08. The zero-order valence-electron chi connectivity index (χ0n) is 9.50. The molecule has 1 aromatic heterocycles. The van der Waals surface area contributed by atoms with Crippen LogP contribution in [-0.2, 0) is 13.5 Å². The maximum atomic E-state index is 6.06. The fourth-order valence-corrected chi connectivity index (χ4v) is 2.65. The molecule has 0 aromatic carbocycles. The van der Waals surface area contributed by atoms with Gasteiger partial charge in [0.25, 0.3) is 0 Å². The Bertz CT molecular complexity index is 303. The van der Waals surface area contributed by atoms with Gasteiger partial charge in [-0.3, -0.25) is 4.68 Å². The Morgan fingerprint density at radius 2 is 2.00 bits per heavy atom. The topological polar surface area (TPSA) is 17.8 Å². The van der Waals surface area contributed by atoms with Crippen molar-refractivity contribution in [2.45, 2.75) is 20.3 Å². The Morgan fingerprint density at radius 1 is 1.40 bits per heavy atom. The van der Waals surface area contributed by atoms with Crippen molar-refractivity contribution in [2.24, 2.45) is 18.4 Å². The quantitative estimate of drug-likeness (QED) is 0.733. The average molecular weight is 249 g/mol. The van der Waals surface area contributed by atoms with Crippen molar-refractivity contribution >= 4 is 23.2 Å². The van der Waals surface area contributed by atoms with Crippen LogP contribution in [0.4, 0.5) is 0 Å². The van der Waals surface area contributed by atoms with Crippen molar-refractivity contribution in [3.05, 3.63) is 18.0 Å². The summed E-state index contributed by atoms with van der Waals surface area (Å²) in [6.45, 7) is 4.32. The highest BCUT2D eigenvalue weighted by Crippen LogP contribution is 2.34. The number of halogens is 2. The Hall–Kier alpha value is -0.210. The van der Waals surface area contributed by atoms with Gasteiger partial charge in [-0.05, 0) is 18.4 Å². The maximum Gasteiger partial charge on any atom is 0.0631 e. The van der Waals surface area contributed by atoms with E-state index in [0.29, 0.717) is 17.7 Å². The SMILES string of the molecule is CC(C)C(CCl)(CCl)Cc1ccn(C)n1. The monoisotopic (exact) mass is 248 g/mol. The van der Waals surface area contributed by atoms with Crippen LogP contribution in [0.1, 0.15) is 19.5 Å². The molecule has 0 radical (unpaired) electrons. The van der Waals surface area contributed by atoms with Crippen molar-refractivity contribution < 1.29 is 0 Å². The minimum Gasteiger partial charge on any atom is -0.276 e. The second kappa shape index (κ2) is 5.22. The predicted molar refractivity (Wildman–Crippen MR) is 65.6 cm³/mol. The molecule has 0 spiro atoms. The molecule has 86 valence electrons. The molecule has 0 amide bonds. The lowest BCUT2D eigenvalue weighted by atomic mass is 9.77. The number of nitrogens with zero attached hydrogens (tertiary/aromatic N) is 2. The average Bonchev–Trinajstić information content (AvgIpc) is 2.60. The molecule has 0 unspecified atom stereocenters. The second-order valence-electron chi connectivity index (χ2n) is 4.44. The fraction of sp³-hybridized carbons (Fsp3) is 0.727. The first kappa shape index (κ1) is 12.9. The van der Waals surface area contributed by atoms with Crippen LogP contribution in [0.3, 0.4) is 0 Å². The van der Waals surface area contributed by atoms with Gasteiger partial charge in [0.05, 0.1) is 5.69 Å². The van der Waals surface area contributed by atoms with E-state index in [0.717, 1.165) is 12.1 Å². The first-order valence-corrected chi connectivity index (χ1v) is 6.21. The van der Waals surface area contributed by atoms with E-state index in [-0.39, 0.29) is 5.41 Å². The van der Waals surface area contributed by atoms with E-state index < -0.39 is 0 Å². The maximum absolute atomic E-state index is 6.06. The van der Waals surface area contributed by atoms with Gasteiger partial charge < -0.3 is 0 Å². The summed E-state index contributed by atoms with van der Waals surface area (Å²) in [5, 5.41) is 4.37. The van der Waals surface area contributed by atoms with E-state index in [1.807, 2.05) is 24.0 Å². The minimum absolute atomic E-state index is 0.0442. The lowest BCUT2D eigenvalue weighted by Crippen LogP contribution is -2.34. The van der Waals surface area contributed by atoms with Gasteiger partial charge in [-0.15, -0.1) is 23.2 Å². The molecule has 15 heavy (non-hydrogen) atoms. The zero-order valence-corrected chi connectivity index (χ0v) is 11.0. The molecule has 4 heteroatoms. The van der Waals surface area contributed by atoms with Crippen LogP contribution in [0, 0.1) is 11.3 Å². The van der Waals surface area contributed by atoms with E-state index in [1.54, 1.807) is 0 Å². The van der Waals surface area contributed by atoms with E-state index in [2.05, 4.69) is 18.9 Å². The molecule has 0 saturated carbocycles. The third-order valence-electron chi connectivity index (χ3n) is 3.06. The van der Waals surface area contributed by atoms with Crippen LogP contribution >= 0.6 is 23.2 Å². The number of aromatic nitrogens is 2. The molecule has 0 saturated heterocycles. The van der Waals surface area contributed by atoms with E-state index >= 15 is 0 Å². The molecular weight excluding hydrogens is 231 g/mol. The molecule has 0 aliphatic rings. The molecule has 0 N–H and O–H groups in total. The van der Waals surface area contributed by atoms with Crippen molar-refractivity contribution in [3.8, 4) is 0 Å². The lowest BCUT2D eigenvalue weighted by Gasteiger charge is -2.33. The van der Waals surface area contributed by atoms with Gasteiger partial charge in [-0.1, -0.05) is 13.8 Å². The van der Waals surface area contributed by atoms with Crippen molar-refractivity contribution in [3.63, 3.8) is 0 Å². The normalized spacial score (nSPS) is 12.4. The first-order chi connectivity index (χ1) is 7.04. The van der Waals surface area contributed by atoms with E-state index in [4.69, 9.17) is 23.2 Å². The largest absolute Gasteiger partial charge is 0.276 e. The van der Waals surface area contributed by atoms with E-state index in [9.17, 15) is 0 Å². The Balaban J connectivity index is 2.83. The third-order valence-corrected chi connectivity index (χ3v) is 4.12. The molecule has 0 fully saturated rings. The fourth-order valence-electron chi connectivity index (χ4n) is 1.56. The summed E-state index contributed by atoms with van der Waals surface area (Å²) in [5.41, 5.74) is 1.02. The molecule has 0 bridgehead atoms. The number of rotatable bonds is 5. The van der Waals surface area contributed by atoms with Crippen LogP contribution < -0.4 is 0 Å². The molecular formula is C11H18Cl2N2. The van der Waals surface area contributed by atoms with Crippen LogP contribution in [0.5, 0.6) is 0 Å². The summed E-state index contributed by atoms with van der Waals surface area (Å²) >= 11 is 12.1. The molecule has 0 aliphatic carbocycles. The molecule has 0 atom stereocenters. The van der Waals surface area contributed by atoms with Gasteiger partial charge in [0.2, 0.25) is 0 Å². The summed E-state index contributed by atoms with van der Waals surface area (Å²) < 4.78 is 1.81. The standard InChI is InChI=1S/C11H18Cl2N2/c1-9(2)11(7-12,8-13)6-10-4-5-15(3)14-10/h4-5,9H,6-8H2,1-3H3. The molecule has 1 aromatic rings. The summed E-state index contributed by atoms with van der Waals surface area (Å²) in [6.07, 6.45) is 2.79. The van der Waals surface area contributed by atoms with Gasteiger partial charge >= 0.3 is 0 Å². The van der Waals surface area contributed by atoms with Crippen molar-refractivity contribution in [1.29, 1.82) is 0 Å². The summed E-state index contributed by atoms with van der Waals surface area (Å²) in [6, 6.07) is 2.02. The lowest BCUT2D eigenvalue weighted by molar-refractivity contribution is 0.256. The molecule has 0 aliphatic heterocycles. The number of hydrogen-bond donors (Lipinski definition) is 0. The number of alkyl halides is 2. The molecule has 2 nitrogen and oxygen atoms in total. The van der Waals surface area contributed by atoms with Crippen LogP contribution in [-0.4, -0.2) is 21.5 Å². The summed E-state index contributed by atoms with van der Waals surface area (Å²) in [4.78, 5) is 0. The smallest absolute Gasteiger partial charge is 0.0631 e. The van der Waals surface area contributed by atoms with Crippen LogP contribution in [0.15, 0.2) is 12.3 Å². The van der Waals surface area contributed by atoms with Crippen LogP contribution in [0.2, 0.25) is 0 Å². The van der Waals surface area contributed by atoms with Crippen molar-refractivity contribution in [2.75, 3.05) is 11.8 Å². The minimum atomic E-state index is -0.0442. The van der Waals surface area contributed by atoms with Gasteiger partial charge in [-0.25, -0.2) is 0 Å². The number of aryl methyl sites for hydroxylation is 1. The number of hydrogen-bond acceptors (Lipinski definition) is 1. The second-order valence-corrected chi connectivity index (χ2v) is 4.98. The Kier molecular flexibility index (Phi) is 4.47. The van der Waals surface area contributed by atoms with Crippen LogP contribution in [0.25, 0.3) is 0 Å². The highest BCUT2D eigenvalue weighted by molar-refractivity contribution is 6.21. The Labute approximate surface area is 102 Å². The zero-order chi connectivity index (χ0) is 11.5.